The second-order valence-electron chi connectivity index (χ2n) is 3.08. The van der Waals surface area contributed by atoms with Gasteiger partial charge in [0.05, 0.1) is 18.1 Å². The smallest absolute Gasteiger partial charge is 0.0660 e. The minimum atomic E-state index is 0.126. The predicted molar refractivity (Wildman–Crippen MR) is 42.9 cm³/mol. The van der Waals surface area contributed by atoms with Crippen molar-refractivity contribution in [1.82, 2.24) is 0 Å². The summed E-state index contributed by atoms with van der Waals surface area (Å²) in [6, 6.07) is 2.26. The van der Waals surface area contributed by atoms with Crippen molar-refractivity contribution in [1.29, 1.82) is 5.26 Å². The molecule has 1 fully saturated rings. The van der Waals surface area contributed by atoms with Crippen molar-refractivity contribution in [2.75, 3.05) is 7.11 Å². The molecule has 2 unspecified atom stereocenters. The van der Waals surface area contributed by atoms with Gasteiger partial charge >= 0.3 is 0 Å². The Hall–Kier alpha value is -0.810. The molecule has 0 radical (unpaired) electrons. The fourth-order valence-electron chi connectivity index (χ4n) is 1.52. The molecular weight excluding hydrogens is 138 g/mol. The lowest BCUT2D eigenvalue weighted by atomic mass is 9.85. The van der Waals surface area contributed by atoms with E-state index in [-0.39, 0.29) is 12.0 Å². The fraction of sp³-hybridized carbons (Fsp3) is 0.667. The zero-order valence-electron chi connectivity index (χ0n) is 6.84. The van der Waals surface area contributed by atoms with E-state index in [0.717, 1.165) is 24.8 Å². The minimum Gasteiger partial charge on any atom is -0.381 e. The first kappa shape index (κ1) is 8.29. The molecule has 0 aliphatic heterocycles. The van der Waals surface area contributed by atoms with Crippen LogP contribution >= 0.6 is 0 Å². The van der Waals surface area contributed by atoms with Crippen LogP contribution < -0.4 is 0 Å². The van der Waals surface area contributed by atoms with E-state index in [1.54, 1.807) is 7.11 Å². The molecule has 0 spiro atoms. The van der Waals surface area contributed by atoms with Gasteiger partial charge in [0.15, 0.2) is 0 Å². The molecule has 1 rings (SSSR count). The van der Waals surface area contributed by atoms with Gasteiger partial charge in [-0.05, 0) is 19.3 Å². The summed E-state index contributed by atoms with van der Waals surface area (Å²) in [4.78, 5) is 0. The van der Waals surface area contributed by atoms with Crippen molar-refractivity contribution in [3.05, 3.63) is 12.2 Å². The third-order valence-corrected chi connectivity index (χ3v) is 2.11. The zero-order valence-corrected chi connectivity index (χ0v) is 6.84. The summed E-state index contributed by atoms with van der Waals surface area (Å²) in [6.45, 7) is 3.88. The van der Waals surface area contributed by atoms with Crippen molar-refractivity contribution in [3.63, 3.8) is 0 Å². The van der Waals surface area contributed by atoms with Crippen molar-refractivity contribution < 1.29 is 4.74 Å². The second kappa shape index (κ2) is 3.54. The zero-order chi connectivity index (χ0) is 8.27. The SMILES string of the molecule is C=C1CC(C#N)CC(OC)C1. The lowest BCUT2D eigenvalue weighted by Gasteiger charge is -2.25. The normalized spacial score (nSPS) is 31.5. The lowest BCUT2D eigenvalue weighted by Crippen LogP contribution is -2.21. The van der Waals surface area contributed by atoms with E-state index in [4.69, 9.17) is 10.00 Å². The van der Waals surface area contributed by atoms with Crippen molar-refractivity contribution in [2.45, 2.75) is 25.4 Å². The third kappa shape index (κ3) is 2.06. The highest BCUT2D eigenvalue weighted by Crippen LogP contribution is 2.28. The van der Waals surface area contributed by atoms with E-state index in [1.165, 1.54) is 0 Å². The summed E-state index contributed by atoms with van der Waals surface area (Å²) >= 11 is 0. The first-order valence-corrected chi connectivity index (χ1v) is 3.85. The van der Waals surface area contributed by atoms with E-state index in [0.29, 0.717) is 0 Å². The molecule has 11 heavy (non-hydrogen) atoms. The van der Waals surface area contributed by atoms with Crippen LogP contribution in [0.2, 0.25) is 0 Å². The van der Waals surface area contributed by atoms with Crippen LogP contribution in [-0.2, 0) is 4.74 Å². The molecule has 1 saturated carbocycles. The molecule has 0 N–H and O–H groups in total. The number of hydrogen-bond donors (Lipinski definition) is 0. The predicted octanol–water partition coefficient (Wildman–Crippen LogP) is 1.88. The number of nitrogens with zero attached hydrogens (tertiary/aromatic N) is 1. The Morgan fingerprint density at radius 3 is 2.91 bits per heavy atom. The van der Waals surface area contributed by atoms with E-state index < -0.39 is 0 Å². The van der Waals surface area contributed by atoms with Gasteiger partial charge in [0.1, 0.15) is 0 Å². The number of hydrogen-bond acceptors (Lipinski definition) is 2. The number of nitriles is 1. The highest BCUT2D eigenvalue weighted by molar-refractivity contribution is 5.07. The Kier molecular flexibility index (Phi) is 2.67. The molecule has 0 aromatic heterocycles. The Morgan fingerprint density at radius 1 is 1.64 bits per heavy atom. The molecule has 1 aliphatic carbocycles. The minimum absolute atomic E-state index is 0.126. The molecule has 0 heterocycles. The van der Waals surface area contributed by atoms with Gasteiger partial charge in [-0.25, -0.2) is 0 Å². The second-order valence-corrected chi connectivity index (χ2v) is 3.08. The summed E-state index contributed by atoms with van der Waals surface area (Å²) in [5.41, 5.74) is 1.15. The van der Waals surface area contributed by atoms with Crippen LogP contribution in [0.1, 0.15) is 19.3 Å². The molecule has 0 aromatic carbocycles. The Bertz CT molecular complexity index is 192. The summed E-state index contributed by atoms with van der Waals surface area (Å²) in [6.07, 6.45) is 2.87. The first-order valence-electron chi connectivity index (χ1n) is 3.85. The average Bonchev–Trinajstić information content (AvgIpc) is 2.03. The van der Waals surface area contributed by atoms with Gasteiger partial charge in [-0.15, -0.1) is 0 Å². The van der Waals surface area contributed by atoms with Gasteiger partial charge < -0.3 is 4.74 Å². The number of ether oxygens (including phenoxy) is 1. The summed E-state index contributed by atoms with van der Waals surface area (Å²) in [5.74, 6) is 0.126. The van der Waals surface area contributed by atoms with Crippen LogP contribution in [-0.4, -0.2) is 13.2 Å². The first-order chi connectivity index (χ1) is 5.26. The van der Waals surface area contributed by atoms with Crippen LogP contribution in [0.15, 0.2) is 12.2 Å². The molecule has 0 amide bonds. The van der Waals surface area contributed by atoms with Gasteiger partial charge in [0.25, 0.3) is 0 Å². The quantitative estimate of drug-likeness (QED) is 0.536. The molecule has 2 heteroatoms. The van der Waals surface area contributed by atoms with Crippen molar-refractivity contribution in [3.8, 4) is 6.07 Å². The van der Waals surface area contributed by atoms with E-state index in [1.807, 2.05) is 0 Å². The highest BCUT2D eigenvalue weighted by Gasteiger charge is 2.23. The van der Waals surface area contributed by atoms with Crippen molar-refractivity contribution in [2.24, 2.45) is 5.92 Å². The Balaban J connectivity index is 2.52. The molecular formula is C9H13NO. The largest absolute Gasteiger partial charge is 0.381 e. The number of rotatable bonds is 1. The van der Waals surface area contributed by atoms with Gasteiger partial charge in [-0.3, -0.25) is 0 Å². The topological polar surface area (TPSA) is 33.0 Å². The molecule has 2 atom stereocenters. The van der Waals surface area contributed by atoms with Gasteiger partial charge in [0.2, 0.25) is 0 Å². The van der Waals surface area contributed by atoms with Gasteiger partial charge in [0, 0.05) is 7.11 Å². The molecule has 2 nitrogen and oxygen atoms in total. The third-order valence-electron chi connectivity index (χ3n) is 2.11. The summed E-state index contributed by atoms with van der Waals surface area (Å²) in [5, 5.41) is 8.68. The van der Waals surface area contributed by atoms with Crippen LogP contribution in [0, 0.1) is 17.2 Å². The molecule has 0 bridgehead atoms. The molecule has 0 saturated heterocycles. The summed E-state index contributed by atoms with van der Waals surface area (Å²) < 4.78 is 5.18. The maximum atomic E-state index is 8.68. The lowest BCUT2D eigenvalue weighted by molar-refractivity contribution is 0.0756. The Labute approximate surface area is 67.5 Å². The highest BCUT2D eigenvalue weighted by atomic mass is 16.5. The Morgan fingerprint density at radius 2 is 2.36 bits per heavy atom. The summed E-state index contributed by atoms with van der Waals surface area (Å²) in [7, 11) is 1.69. The number of methoxy groups -OCH3 is 1. The van der Waals surface area contributed by atoms with Gasteiger partial charge in [-0.2, -0.15) is 5.26 Å². The molecule has 1 aliphatic rings. The maximum absolute atomic E-state index is 8.68. The van der Waals surface area contributed by atoms with E-state index in [9.17, 15) is 0 Å². The molecule has 60 valence electrons. The monoisotopic (exact) mass is 151 g/mol. The fourth-order valence-corrected chi connectivity index (χ4v) is 1.52. The standard InChI is InChI=1S/C9H13NO/c1-7-3-8(6-10)5-9(4-7)11-2/h8-9H,1,3-5H2,2H3. The van der Waals surface area contributed by atoms with E-state index >= 15 is 0 Å². The maximum Gasteiger partial charge on any atom is 0.0660 e. The molecule has 0 aromatic rings. The van der Waals surface area contributed by atoms with E-state index in [2.05, 4.69) is 12.6 Å². The van der Waals surface area contributed by atoms with Gasteiger partial charge in [-0.1, -0.05) is 12.2 Å². The van der Waals surface area contributed by atoms with Crippen LogP contribution in [0.3, 0.4) is 0 Å². The average molecular weight is 151 g/mol. The van der Waals surface area contributed by atoms with Crippen LogP contribution in [0.25, 0.3) is 0 Å². The van der Waals surface area contributed by atoms with Crippen LogP contribution in [0.5, 0.6) is 0 Å². The van der Waals surface area contributed by atoms with Crippen LogP contribution in [0.4, 0.5) is 0 Å². The van der Waals surface area contributed by atoms with Crippen molar-refractivity contribution >= 4 is 0 Å².